The first kappa shape index (κ1) is 11.7. The Balaban J connectivity index is 2.52. The molecule has 0 bridgehead atoms. The Morgan fingerprint density at radius 1 is 1.25 bits per heavy atom. The van der Waals surface area contributed by atoms with Crippen molar-refractivity contribution < 1.29 is 0 Å². The Labute approximate surface area is 108 Å². The fourth-order valence-electron chi connectivity index (χ4n) is 1.70. The molecular weight excluding hydrogens is 288 g/mol. The van der Waals surface area contributed by atoms with Crippen molar-refractivity contribution in [3.05, 3.63) is 45.7 Å². The first-order chi connectivity index (χ1) is 7.63. The third kappa shape index (κ3) is 2.02. The number of alkyl halides is 1. The first-order valence-electron chi connectivity index (χ1n) is 5.00. The van der Waals surface area contributed by atoms with Gasteiger partial charge in [0.2, 0.25) is 0 Å². The number of benzene rings is 1. The van der Waals surface area contributed by atoms with E-state index < -0.39 is 0 Å². The van der Waals surface area contributed by atoms with Crippen LogP contribution in [0.4, 0.5) is 0 Å². The summed E-state index contributed by atoms with van der Waals surface area (Å²) >= 11 is 9.32. The molecule has 16 heavy (non-hydrogen) atoms. The van der Waals surface area contributed by atoms with E-state index in [0.29, 0.717) is 5.88 Å². The van der Waals surface area contributed by atoms with Crippen LogP contribution in [0.2, 0.25) is 0 Å². The number of hydrogen-bond donors (Lipinski definition) is 0. The lowest BCUT2D eigenvalue weighted by atomic mass is 10.2. The van der Waals surface area contributed by atoms with Crippen LogP contribution in [0.25, 0.3) is 5.69 Å². The summed E-state index contributed by atoms with van der Waals surface area (Å²) in [6.45, 7) is 4.03. The zero-order valence-electron chi connectivity index (χ0n) is 9.17. The Morgan fingerprint density at radius 2 is 1.88 bits per heavy atom. The standard InChI is InChI=1S/C12H12BrClN2/c1-8-12(7-14)9(2)16(15-8)11-5-3-10(13)4-6-11/h3-6H,7H2,1-2H3. The molecule has 0 saturated carbocycles. The van der Waals surface area contributed by atoms with E-state index in [4.69, 9.17) is 11.6 Å². The maximum Gasteiger partial charge on any atom is 0.0649 e. The molecule has 1 aromatic carbocycles. The van der Waals surface area contributed by atoms with E-state index in [-0.39, 0.29) is 0 Å². The molecule has 1 aromatic heterocycles. The molecule has 0 atom stereocenters. The minimum absolute atomic E-state index is 0.508. The number of nitrogens with zero attached hydrogens (tertiary/aromatic N) is 2. The second kappa shape index (κ2) is 4.60. The Hall–Kier alpha value is -0.800. The summed E-state index contributed by atoms with van der Waals surface area (Å²) in [5.41, 5.74) is 4.27. The molecule has 2 aromatic rings. The minimum Gasteiger partial charge on any atom is -0.238 e. The SMILES string of the molecule is Cc1nn(-c2ccc(Br)cc2)c(C)c1CCl. The summed E-state index contributed by atoms with van der Waals surface area (Å²) in [6.07, 6.45) is 0. The summed E-state index contributed by atoms with van der Waals surface area (Å²) in [5.74, 6) is 0.508. The highest BCUT2D eigenvalue weighted by atomic mass is 79.9. The smallest absolute Gasteiger partial charge is 0.0649 e. The predicted molar refractivity (Wildman–Crippen MR) is 70.3 cm³/mol. The number of rotatable bonds is 2. The zero-order valence-corrected chi connectivity index (χ0v) is 11.5. The highest BCUT2D eigenvalue weighted by Gasteiger charge is 2.11. The molecule has 0 N–H and O–H groups in total. The number of aromatic nitrogens is 2. The van der Waals surface area contributed by atoms with Crippen LogP contribution in [0.5, 0.6) is 0 Å². The summed E-state index contributed by atoms with van der Waals surface area (Å²) in [7, 11) is 0. The van der Waals surface area contributed by atoms with Crippen LogP contribution in [0.15, 0.2) is 28.7 Å². The average Bonchev–Trinajstić information content (AvgIpc) is 2.55. The number of aryl methyl sites for hydroxylation is 1. The van der Waals surface area contributed by atoms with Crippen LogP contribution < -0.4 is 0 Å². The quantitative estimate of drug-likeness (QED) is 0.767. The van der Waals surface area contributed by atoms with E-state index in [1.54, 1.807) is 0 Å². The summed E-state index contributed by atoms with van der Waals surface area (Å²) < 4.78 is 3.00. The summed E-state index contributed by atoms with van der Waals surface area (Å²) in [6, 6.07) is 8.07. The molecule has 0 amide bonds. The van der Waals surface area contributed by atoms with E-state index in [0.717, 1.165) is 27.1 Å². The van der Waals surface area contributed by atoms with E-state index in [1.165, 1.54) is 0 Å². The van der Waals surface area contributed by atoms with Crippen LogP contribution in [-0.4, -0.2) is 9.78 Å². The lowest BCUT2D eigenvalue weighted by Crippen LogP contribution is -1.98. The molecule has 0 aliphatic heterocycles. The third-order valence-electron chi connectivity index (χ3n) is 2.65. The second-order valence-electron chi connectivity index (χ2n) is 3.67. The lowest BCUT2D eigenvalue weighted by Gasteiger charge is -2.04. The van der Waals surface area contributed by atoms with Gasteiger partial charge in [0.15, 0.2) is 0 Å². The van der Waals surface area contributed by atoms with Gasteiger partial charge in [-0.25, -0.2) is 4.68 Å². The highest BCUT2D eigenvalue weighted by molar-refractivity contribution is 9.10. The minimum atomic E-state index is 0.508. The van der Waals surface area contributed by atoms with Crippen LogP contribution in [0.1, 0.15) is 17.0 Å². The van der Waals surface area contributed by atoms with Crippen LogP contribution in [0.3, 0.4) is 0 Å². The molecule has 0 fully saturated rings. The number of hydrogen-bond acceptors (Lipinski definition) is 1. The fourth-order valence-corrected chi connectivity index (χ4v) is 2.35. The van der Waals surface area contributed by atoms with Gasteiger partial charge in [-0.05, 0) is 38.1 Å². The monoisotopic (exact) mass is 298 g/mol. The average molecular weight is 300 g/mol. The van der Waals surface area contributed by atoms with Crippen molar-refractivity contribution in [2.24, 2.45) is 0 Å². The molecule has 2 nitrogen and oxygen atoms in total. The first-order valence-corrected chi connectivity index (χ1v) is 6.33. The van der Waals surface area contributed by atoms with Gasteiger partial charge in [0.25, 0.3) is 0 Å². The normalized spacial score (nSPS) is 10.8. The molecule has 0 aliphatic rings. The van der Waals surface area contributed by atoms with E-state index in [9.17, 15) is 0 Å². The molecule has 0 aliphatic carbocycles. The molecule has 2 rings (SSSR count). The van der Waals surface area contributed by atoms with Gasteiger partial charge in [-0.15, -0.1) is 11.6 Å². The highest BCUT2D eigenvalue weighted by Crippen LogP contribution is 2.20. The molecular formula is C12H12BrClN2. The molecule has 0 unspecified atom stereocenters. The zero-order chi connectivity index (χ0) is 11.7. The van der Waals surface area contributed by atoms with Crippen LogP contribution in [0, 0.1) is 13.8 Å². The molecule has 4 heteroatoms. The van der Waals surface area contributed by atoms with Gasteiger partial charge in [-0.3, -0.25) is 0 Å². The van der Waals surface area contributed by atoms with E-state index in [2.05, 4.69) is 21.0 Å². The molecule has 0 spiro atoms. The fraction of sp³-hybridized carbons (Fsp3) is 0.250. The van der Waals surface area contributed by atoms with Gasteiger partial charge < -0.3 is 0 Å². The molecule has 0 saturated heterocycles. The van der Waals surface area contributed by atoms with Gasteiger partial charge in [0.1, 0.15) is 0 Å². The summed E-state index contributed by atoms with van der Waals surface area (Å²) in [4.78, 5) is 0. The van der Waals surface area contributed by atoms with Gasteiger partial charge in [-0.1, -0.05) is 15.9 Å². The molecule has 0 radical (unpaired) electrons. The maximum absolute atomic E-state index is 5.90. The van der Waals surface area contributed by atoms with Crippen molar-refractivity contribution in [3.8, 4) is 5.69 Å². The van der Waals surface area contributed by atoms with Crippen molar-refractivity contribution in [2.75, 3.05) is 0 Å². The predicted octanol–water partition coefficient (Wildman–Crippen LogP) is 3.99. The van der Waals surface area contributed by atoms with Gasteiger partial charge in [-0.2, -0.15) is 5.10 Å². The topological polar surface area (TPSA) is 17.8 Å². The van der Waals surface area contributed by atoms with E-state index >= 15 is 0 Å². The van der Waals surface area contributed by atoms with Crippen molar-refractivity contribution in [1.82, 2.24) is 9.78 Å². The van der Waals surface area contributed by atoms with Gasteiger partial charge in [0.05, 0.1) is 17.3 Å². The van der Waals surface area contributed by atoms with E-state index in [1.807, 2.05) is 42.8 Å². The Kier molecular flexibility index (Phi) is 3.36. The number of halogens is 2. The molecule has 1 heterocycles. The largest absolute Gasteiger partial charge is 0.238 e. The Bertz CT molecular complexity index is 502. The molecule has 84 valence electrons. The van der Waals surface area contributed by atoms with Crippen LogP contribution >= 0.6 is 27.5 Å². The maximum atomic E-state index is 5.90. The van der Waals surface area contributed by atoms with Crippen molar-refractivity contribution in [3.63, 3.8) is 0 Å². The van der Waals surface area contributed by atoms with Gasteiger partial charge in [0, 0.05) is 15.7 Å². The van der Waals surface area contributed by atoms with Crippen molar-refractivity contribution >= 4 is 27.5 Å². The van der Waals surface area contributed by atoms with Crippen LogP contribution in [-0.2, 0) is 5.88 Å². The van der Waals surface area contributed by atoms with Crippen molar-refractivity contribution in [1.29, 1.82) is 0 Å². The van der Waals surface area contributed by atoms with Crippen molar-refractivity contribution in [2.45, 2.75) is 19.7 Å². The summed E-state index contributed by atoms with van der Waals surface area (Å²) in [5, 5.41) is 4.50. The lowest BCUT2D eigenvalue weighted by molar-refractivity contribution is 0.833. The second-order valence-corrected chi connectivity index (χ2v) is 4.85. The third-order valence-corrected chi connectivity index (χ3v) is 3.44. The Morgan fingerprint density at radius 3 is 2.38 bits per heavy atom. The van der Waals surface area contributed by atoms with Gasteiger partial charge >= 0.3 is 0 Å².